The average molecular weight is 337 g/mol. The highest BCUT2D eigenvalue weighted by Gasteiger charge is 2.25. The topological polar surface area (TPSA) is 71.0 Å². The average Bonchev–Trinajstić information content (AvgIpc) is 3.22. The highest BCUT2D eigenvalue weighted by atomic mass is 19.1. The Hall–Kier alpha value is -3.33. The fraction of sp³-hybridized carbons (Fsp3) is 0.158. The normalized spacial score (nSPS) is 11.8. The van der Waals surface area contributed by atoms with E-state index in [9.17, 15) is 14.4 Å². The number of aromatic nitrogens is 1. The van der Waals surface area contributed by atoms with Gasteiger partial charge in [0.15, 0.2) is 0 Å². The second-order valence-electron chi connectivity index (χ2n) is 5.66. The molecule has 2 aromatic heterocycles. The largest absolute Gasteiger partial charge is 0.443 e. The highest BCUT2D eigenvalue weighted by molar-refractivity contribution is 5.98. The number of carbonyl (C=O) groups is 1. The lowest BCUT2D eigenvalue weighted by Crippen LogP contribution is -2.27. The summed E-state index contributed by atoms with van der Waals surface area (Å²) >= 11 is 0. The molecule has 6 heteroatoms. The van der Waals surface area contributed by atoms with E-state index < -0.39 is 5.91 Å². The lowest BCUT2D eigenvalue weighted by Gasteiger charge is -2.14. The van der Waals surface area contributed by atoms with Gasteiger partial charge in [0.1, 0.15) is 28.8 Å². The molecule has 1 atom stereocenters. The van der Waals surface area contributed by atoms with Gasteiger partial charge in [-0.05, 0) is 43.7 Å². The first kappa shape index (κ1) is 16.5. The van der Waals surface area contributed by atoms with Crippen LogP contribution in [0.1, 0.15) is 40.2 Å². The summed E-state index contributed by atoms with van der Waals surface area (Å²) in [6.07, 6.45) is 3.48. The number of benzene rings is 1. The third kappa shape index (κ3) is 3.17. The van der Waals surface area contributed by atoms with Crippen LogP contribution in [-0.2, 0) is 0 Å². The molecule has 0 radical (unpaired) electrons. The molecule has 25 heavy (non-hydrogen) atoms. The van der Waals surface area contributed by atoms with Gasteiger partial charge in [0, 0.05) is 12.4 Å². The molecule has 126 valence electrons. The van der Waals surface area contributed by atoms with Gasteiger partial charge in [-0.15, -0.1) is 0 Å². The van der Waals surface area contributed by atoms with Crippen molar-refractivity contribution in [2.24, 2.45) is 0 Å². The van der Waals surface area contributed by atoms with Crippen molar-refractivity contribution in [3.63, 3.8) is 0 Å². The molecule has 1 unspecified atom stereocenters. The Morgan fingerprint density at radius 2 is 1.92 bits per heavy atom. The van der Waals surface area contributed by atoms with E-state index in [0.717, 1.165) is 5.56 Å². The van der Waals surface area contributed by atoms with Crippen molar-refractivity contribution in [3.8, 4) is 12.0 Å². The summed E-state index contributed by atoms with van der Waals surface area (Å²) in [5, 5.41) is 12.3. The van der Waals surface area contributed by atoms with Crippen LogP contribution in [0.3, 0.4) is 0 Å². The number of amides is 1. The molecule has 1 amide bonds. The molecule has 0 spiro atoms. The Bertz CT molecular complexity index is 934. The van der Waals surface area contributed by atoms with Crippen molar-refractivity contribution in [2.75, 3.05) is 0 Å². The van der Waals surface area contributed by atoms with Gasteiger partial charge in [0.2, 0.25) is 5.88 Å². The minimum Gasteiger partial charge on any atom is -0.443 e. The van der Waals surface area contributed by atoms with E-state index in [1.165, 1.54) is 12.1 Å². The third-order valence-electron chi connectivity index (χ3n) is 3.96. The van der Waals surface area contributed by atoms with Crippen LogP contribution in [0.5, 0.6) is 0 Å². The van der Waals surface area contributed by atoms with Gasteiger partial charge in [0.05, 0.1) is 6.04 Å². The molecule has 1 aromatic carbocycles. The molecule has 0 saturated carbocycles. The Morgan fingerprint density at radius 3 is 2.52 bits per heavy atom. The monoisotopic (exact) mass is 337 g/mol. The van der Waals surface area contributed by atoms with E-state index in [2.05, 4.69) is 5.32 Å². The summed E-state index contributed by atoms with van der Waals surface area (Å²) < 4.78 is 20.3. The number of hydrogen-bond acceptors (Lipinski definition) is 3. The summed E-state index contributed by atoms with van der Waals surface area (Å²) in [7, 11) is 0. The molecule has 0 bridgehead atoms. The summed E-state index contributed by atoms with van der Waals surface area (Å²) in [6, 6.07) is 11.2. The Kier molecular flexibility index (Phi) is 4.40. The van der Waals surface area contributed by atoms with Gasteiger partial charge in [-0.1, -0.05) is 12.1 Å². The van der Waals surface area contributed by atoms with E-state index in [4.69, 9.17) is 4.42 Å². The number of aryl methyl sites for hydroxylation is 1. The predicted octanol–water partition coefficient (Wildman–Crippen LogP) is 3.88. The van der Waals surface area contributed by atoms with Crippen LogP contribution in [0.15, 0.2) is 53.2 Å². The van der Waals surface area contributed by atoms with Gasteiger partial charge >= 0.3 is 0 Å². The smallest absolute Gasteiger partial charge is 0.256 e. The molecule has 0 fully saturated rings. The first-order chi connectivity index (χ1) is 12.0. The van der Waals surface area contributed by atoms with Crippen LogP contribution < -0.4 is 5.32 Å². The van der Waals surface area contributed by atoms with Crippen molar-refractivity contribution in [1.82, 2.24) is 9.88 Å². The Labute approximate surface area is 144 Å². The van der Waals surface area contributed by atoms with Crippen LogP contribution in [0.25, 0.3) is 5.88 Å². The lowest BCUT2D eigenvalue weighted by atomic mass is 10.1. The number of carbonyl (C=O) groups excluding carboxylic acids is 1. The molecule has 3 aromatic rings. The Morgan fingerprint density at radius 1 is 1.28 bits per heavy atom. The van der Waals surface area contributed by atoms with Crippen LogP contribution in [0.2, 0.25) is 0 Å². The summed E-state index contributed by atoms with van der Waals surface area (Å²) in [5.41, 5.74) is 1.15. The van der Waals surface area contributed by atoms with E-state index in [1.807, 2.05) is 6.07 Å². The third-order valence-corrected chi connectivity index (χ3v) is 3.96. The van der Waals surface area contributed by atoms with Crippen molar-refractivity contribution in [1.29, 1.82) is 5.26 Å². The SMILES string of the molecule is Cc1oc(-n2cccc2)c(C#N)c1C(=O)NC(C)c1ccc(F)cc1. The van der Waals surface area contributed by atoms with Crippen LogP contribution >= 0.6 is 0 Å². The predicted molar refractivity (Wildman–Crippen MR) is 89.8 cm³/mol. The highest BCUT2D eigenvalue weighted by Crippen LogP contribution is 2.26. The second-order valence-corrected chi connectivity index (χ2v) is 5.66. The number of hydrogen-bond donors (Lipinski definition) is 1. The molecule has 0 aliphatic heterocycles. The summed E-state index contributed by atoms with van der Waals surface area (Å²) in [5.74, 6) is -0.0715. The maximum absolute atomic E-state index is 13.0. The zero-order valence-corrected chi connectivity index (χ0v) is 13.8. The molecular formula is C19H16FN3O2. The minimum atomic E-state index is -0.409. The van der Waals surface area contributed by atoms with Crippen molar-refractivity contribution < 1.29 is 13.6 Å². The van der Waals surface area contributed by atoms with Gasteiger partial charge in [-0.2, -0.15) is 5.26 Å². The zero-order chi connectivity index (χ0) is 18.0. The molecule has 5 nitrogen and oxygen atoms in total. The molecule has 3 rings (SSSR count). The van der Waals surface area contributed by atoms with Gasteiger partial charge in [-0.3, -0.25) is 9.36 Å². The van der Waals surface area contributed by atoms with Gasteiger partial charge in [0.25, 0.3) is 5.91 Å². The first-order valence-corrected chi connectivity index (χ1v) is 7.74. The van der Waals surface area contributed by atoms with Crippen LogP contribution in [-0.4, -0.2) is 10.5 Å². The van der Waals surface area contributed by atoms with Crippen LogP contribution in [0, 0.1) is 24.1 Å². The van der Waals surface area contributed by atoms with E-state index >= 15 is 0 Å². The van der Waals surface area contributed by atoms with Crippen molar-refractivity contribution >= 4 is 5.91 Å². The molecular weight excluding hydrogens is 321 g/mol. The second kappa shape index (κ2) is 6.65. The van der Waals surface area contributed by atoms with Crippen molar-refractivity contribution in [2.45, 2.75) is 19.9 Å². The number of nitrogens with one attached hydrogen (secondary N) is 1. The lowest BCUT2D eigenvalue weighted by molar-refractivity contribution is 0.0938. The fourth-order valence-corrected chi connectivity index (χ4v) is 2.66. The zero-order valence-electron chi connectivity index (χ0n) is 13.8. The minimum absolute atomic E-state index is 0.178. The van der Waals surface area contributed by atoms with Gasteiger partial charge < -0.3 is 9.73 Å². The Balaban J connectivity index is 1.90. The van der Waals surface area contributed by atoms with Crippen molar-refractivity contribution in [3.05, 3.63) is 77.1 Å². The van der Waals surface area contributed by atoms with E-state index in [1.54, 1.807) is 55.1 Å². The molecule has 0 aliphatic rings. The standard InChI is InChI=1S/C19H16FN3O2/c1-12(14-5-7-15(20)8-6-14)22-18(24)17-13(2)25-19(16(17)11-21)23-9-3-4-10-23/h3-10,12H,1-2H3,(H,22,24). The summed E-state index contributed by atoms with van der Waals surface area (Å²) in [6.45, 7) is 3.44. The van der Waals surface area contributed by atoms with E-state index in [0.29, 0.717) is 11.6 Å². The first-order valence-electron chi connectivity index (χ1n) is 7.74. The molecule has 0 aliphatic carbocycles. The van der Waals surface area contributed by atoms with E-state index in [-0.39, 0.29) is 23.0 Å². The quantitative estimate of drug-likeness (QED) is 0.785. The van der Waals surface area contributed by atoms with Gasteiger partial charge in [-0.25, -0.2) is 4.39 Å². The summed E-state index contributed by atoms with van der Waals surface area (Å²) in [4.78, 5) is 12.7. The number of nitriles is 1. The molecule has 1 N–H and O–H groups in total. The maximum atomic E-state index is 13.0. The number of nitrogens with zero attached hydrogens (tertiary/aromatic N) is 2. The van der Waals surface area contributed by atoms with Crippen LogP contribution in [0.4, 0.5) is 4.39 Å². The number of halogens is 1. The molecule has 2 heterocycles. The fourth-order valence-electron chi connectivity index (χ4n) is 2.66. The molecule has 0 saturated heterocycles. The maximum Gasteiger partial charge on any atom is 0.256 e. The number of rotatable bonds is 4. The number of furan rings is 1.